The van der Waals surface area contributed by atoms with Gasteiger partial charge >= 0.3 is 5.97 Å². The Morgan fingerprint density at radius 1 is 1.50 bits per heavy atom. The van der Waals surface area contributed by atoms with Gasteiger partial charge in [0.1, 0.15) is 17.6 Å². The van der Waals surface area contributed by atoms with Crippen LogP contribution in [-0.4, -0.2) is 22.8 Å². The van der Waals surface area contributed by atoms with Crippen LogP contribution >= 0.6 is 0 Å². The van der Waals surface area contributed by atoms with Gasteiger partial charge in [-0.1, -0.05) is 0 Å². The van der Waals surface area contributed by atoms with Gasteiger partial charge < -0.3 is 14.6 Å². The van der Waals surface area contributed by atoms with E-state index in [0.717, 1.165) is 19.3 Å². The number of carbonyl (C=O) groups is 1. The molecule has 0 aromatic rings. The van der Waals surface area contributed by atoms with Gasteiger partial charge in [-0.3, -0.25) is 0 Å². The highest BCUT2D eigenvalue weighted by Crippen LogP contribution is 2.55. The van der Waals surface area contributed by atoms with E-state index in [2.05, 4.69) is 0 Å². The van der Waals surface area contributed by atoms with Gasteiger partial charge in [-0.25, -0.2) is 4.79 Å². The van der Waals surface area contributed by atoms with Crippen molar-refractivity contribution in [2.75, 3.05) is 0 Å². The second-order valence-corrected chi connectivity index (χ2v) is 5.78. The molecule has 1 saturated heterocycles. The monoisotopic (exact) mass is 248 g/mol. The van der Waals surface area contributed by atoms with Crippen LogP contribution in [0.4, 0.5) is 0 Å². The number of rotatable bonds is 3. The fourth-order valence-electron chi connectivity index (χ4n) is 3.51. The third-order valence-corrected chi connectivity index (χ3v) is 4.65. The average Bonchev–Trinajstić information content (AvgIpc) is 3.21. The molecule has 0 saturated carbocycles. The van der Waals surface area contributed by atoms with Crippen LogP contribution in [0.1, 0.15) is 38.5 Å². The molecule has 0 aromatic heterocycles. The van der Waals surface area contributed by atoms with E-state index in [1.807, 2.05) is 0 Å². The number of hydrogen-bond acceptors (Lipinski definition) is 3. The van der Waals surface area contributed by atoms with Crippen LogP contribution in [0.3, 0.4) is 0 Å². The van der Waals surface area contributed by atoms with E-state index in [1.165, 1.54) is 24.4 Å². The van der Waals surface area contributed by atoms with Gasteiger partial charge in [0, 0.05) is 17.9 Å². The van der Waals surface area contributed by atoms with Crippen molar-refractivity contribution < 1.29 is 19.4 Å². The van der Waals surface area contributed by atoms with Crippen molar-refractivity contribution in [3.8, 4) is 0 Å². The Kier molecular flexibility index (Phi) is 1.99. The molecular weight excluding hydrogens is 232 g/mol. The summed E-state index contributed by atoms with van der Waals surface area (Å²) in [5, 5.41) is 8.98. The van der Waals surface area contributed by atoms with E-state index >= 15 is 0 Å². The van der Waals surface area contributed by atoms with Gasteiger partial charge in [-0.15, -0.1) is 0 Å². The quantitative estimate of drug-likeness (QED) is 0.779. The molecule has 2 aliphatic carbocycles. The number of ether oxygens (including phenoxy) is 2. The smallest absolute Gasteiger partial charge is 0.331 e. The van der Waals surface area contributed by atoms with Crippen LogP contribution in [0.5, 0.6) is 0 Å². The van der Waals surface area contributed by atoms with Gasteiger partial charge in [-0.05, 0) is 38.2 Å². The van der Waals surface area contributed by atoms with Crippen molar-refractivity contribution in [3.63, 3.8) is 0 Å². The Balaban J connectivity index is 1.47. The Morgan fingerprint density at radius 3 is 3.17 bits per heavy atom. The summed E-state index contributed by atoms with van der Waals surface area (Å²) < 4.78 is 11.3. The van der Waals surface area contributed by atoms with Gasteiger partial charge in [0.05, 0.1) is 5.60 Å². The predicted molar refractivity (Wildman–Crippen MR) is 62.6 cm³/mol. The van der Waals surface area contributed by atoms with Crippen molar-refractivity contribution in [2.45, 2.75) is 50.2 Å². The number of allylic oxidation sites excluding steroid dienone is 2. The van der Waals surface area contributed by atoms with Crippen LogP contribution in [0, 0.1) is 5.92 Å². The molecule has 3 unspecified atom stereocenters. The lowest BCUT2D eigenvalue weighted by molar-refractivity contribution is -0.132. The largest absolute Gasteiger partial charge is 0.478 e. The Bertz CT molecular complexity index is 490. The first kappa shape index (κ1) is 10.6. The molecule has 0 aromatic carbocycles. The summed E-state index contributed by atoms with van der Waals surface area (Å²) in [7, 11) is 0. The van der Waals surface area contributed by atoms with E-state index in [9.17, 15) is 4.79 Å². The minimum Gasteiger partial charge on any atom is -0.478 e. The molecule has 4 aliphatic rings. The van der Waals surface area contributed by atoms with Crippen LogP contribution in [-0.2, 0) is 14.3 Å². The molecule has 1 fully saturated rings. The standard InChI is InChI=1S/C14H16O4/c15-13(16)8-4-5-14(11(6-8)18-14)7-9-2-1-3-10-12(9)17-10/h6,9,11H,1-5,7H2,(H,15,16). The maximum Gasteiger partial charge on any atom is 0.331 e. The van der Waals surface area contributed by atoms with Crippen LogP contribution in [0.15, 0.2) is 23.2 Å². The summed E-state index contributed by atoms with van der Waals surface area (Å²) in [4.78, 5) is 10.9. The summed E-state index contributed by atoms with van der Waals surface area (Å²) in [5.74, 6) is 2.13. The summed E-state index contributed by atoms with van der Waals surface area (Å²) >= 11 is 0. The van der Waals surface area contributed by atoms with Crippen molar-refractivity contribution >= 4 is 5.97 Å². The molecule has 0 spiro atoms. The van der Waals surface area contributed by atoms with Crippen molar-refractivity contribution in [3.05, 3.63) is 23.2 Å². The molecule has 2 heterocycles. The molecule has 18 heavy (non-hydrogen) atoms. The third kappa shape index (κ3) is 1.52. The minimum absolute atomic E-state index is 0.0297. The lowest BCUT2D eigenvalue weighted by atomic mass is 9.80. The zero-order valence-corrected chi connectivity index (χ0v) is 10.1. The van der Waals surface area contributed by atoms with Gasteiger partial charge in [0.15, 0.2) is 0 Å². The average molecular weight is 248 g/mol. The second kappa shape index (κ2) is 3.38. The second-order valence-electron chi connectivity index (χ2n) is 5.78. The zero-order chi connectivity index (χ0) is 12.3. The number of hydrogen-bond donors (Lipinski definition) is 1. The maximum absolute atomic E-state index is 10.9. The van der Waals surface area contributed by atoms with Crippen LogP contribution in [0.25, 0.3) is 0 Å². The summed E-state index contributed by atoms with van der Waals surface area (Å²) in [6.45, 7) is 0. The summed E-state index contributed by atoms with van der Waals surface area (Å²) in [6.07, 6.45) is 7.80. The molecule has 3 atom stereocenters. The number of epoxide rings is 1. The van der Waals surface area contributed by atoms with E-state index in [-0.39, 0.29) is 11.7 Å². The molecule has 4 heteroatoms. The first-order valence-electron chi connectivity index (χ1n) is 6.71. The third-order valence-electron chi connectivity index (χ3n) is 4.65. The first-order valence-corrected chi connectivity index (χ1v) is 6.71. The molecule has 1 N–H and O–H groups in total. The van der Waals surface area contributed by atoms with E-state index in [0.29, 0.717) is 17.9 Å². The normalized spacial score (nSPS) is 40.3. The van der Waals surface area contributed by atoms with Gasteiger partial charge in [0.2, 0.25) is 0 Å². The molecule has 0 amide bonds. The minimum atomic E-state index is -0.799. The maximum atomic E-state index is 10.9. The molecule has 4 nitrogen and oxygen atoms in total. The number of fused-ring (bicyclic) bond motifs is 1. The van der Waals surface area contributed by atoms with Gasteiger partial charge in [-0.2, -0.15) is 0 Å². The predicted octanol–water partition coefficient (Wildman–Crippen LogP) is 2.36. The van der Waals surface area contributed by atoms with Crippen LogP contribution < -0.4 is 0 Å². The van der Waals surface area contributed by atoms with E-state index < -0.39 is 5.97 Å². The highest BCUT2D eigenvalue weighted by atomic mass is 16.6. The summed E-state index contributed by atoms with van der Waals surface area (Å²) in [6, 6.07) is 0. The SMILES string of the molecule is O=C(O)C1=CC2OC2(CC2CCCC3=C2O3)CC1. The fourth-order valence-corrected chi connectivity index (χ4v) is 3.51. The Morgan fingerprint density at radius 2 is 2.39 bits per heavy atom. The van der Waals surface area contributed by atoms with Crippen molar-refractivity contribution in [2.24, 2.45) is 5.92 Å². The van der Waals surface area contributed by atoms with Crippen molar-refractivity contribution in [1.82, 2.24) is 0 Å². The lowest BCUT2D eigenvalue weighted by Gasteiger charge is -2.21. The number of aliphatic carboxylic acids is 1. The topological polar surface area (TPSA) is 62.4 Å². The van der Waals surface area contributed by atoms with Crippen LogP contribution in [0.2, 0.25) is 0 Å². The molecule has 96 valence electrons. The molecule has 0 bridgehead atoms. The highest BCUT2D eigenvalue weighted by molar-refractivity contribution is 5.87. The molecule has 0 radical (unpaired) electrons. The van der Waals surface area contributed by atoms with E-state index in [1.54, 1.807) is 6.08 Å². The molecule has 4 rings (SSSR count). The van der Waals surface area contributed by atoms with E-state index in [4.69, 9.17) is 14.6 Å². The number of carboxylic acids is 1. The number of carboxylic acid groups (broad SMARTS) is 1. The zero-order valence-electron chi connectivity index (χ0n) is 10.1. The highest BCUT2D eigenvalue weighted by Gasteiger charge is 2.59. The molecular formula is C14H16O4. The Hall–Kier alpha value is -1.29. The lowest BCUT2D eigenvalue weighted by Crippen LogP contribution is -2.24. The van der Waals surface area contributed by atoms with Gasteiger partial charge in [0.25, 0.3) is 0 Å². The fraction of sp³-hybridized carbons (Fsp3) is 0.643. The Labute approximate surface area is 105 Å². The molecule has 2 aliphatic heterocycles. The summed E-state index contributed by atoms with van der Waals surface area (Å²) in [5.41, 5.74) is 0.435. The van der Waals surface area contributed by atoms with Crippen molar-refractivity contribution in [1.29, 1.82) is 0 Å². The first-order chi connectivity index (χ1) is 8.68.